The molecule has 37 heavy (non-hydrogen) atoms. The van der Waals surface area contributed by atoms with Gasteiger partial charge in [0.1, 0.15) is 11.5 Å². The van der Waals surface area contributed by atoms with Crippen LogP contribution in [0.2, 0.25) is 5.02 Å². The molecule has 0 radical (unpaired) electrons. The van der Waals surface area contributed by atoms with Crippen molar-refractivity contribution in [2.24, 2.45) is 0 Å². The maximum absolute atomic E-state index is 13.9. The smallest absolute Gasteiger partial charge is 0.253 e. The lowest BCUT2D eigenvalue weighted by molar-refractivity contribution is -0.131. The van der Waals surface area contributed by atoms with Crippen LogP contribution in [0.1, 0.15) is 27.4 Å². The molecule has 2 amide bonds. The fourth-order valence-corrected chi connectivity index (χ4v) is 5.82. The summed E-state index contributed by atoms with van der Waals surface area (Å²) in [5, 5.41) is 11.6. The van der Waals surface area contributed by atoms with Gasteiger partial charge < -0.3 is 19.6 Å². The van der Waals surface area contributed by atoms with Gasteiger partial charge in [-0.15, -0.1) is 0 Å². The largest absolute Gasteiger partial charge is 0.457 e. The molecule has 2 atom stereocenters. The maximum Gasteiger partial charge on any atom is 0.253 e. The van der Waals surface area contributed by atoms with Crippen molar-refractivity contribution in [2.45, 2.75) is 18.1 Å². The van der Waals surface area contributed by atoms with Crippen molar-refractivity contribution in [3.8, 4) is 11.5 Å². The fourth-order valence-electron chi connectivity index (χ4n) is 5.70. The van der Waals surface area contributed by atoms with Crippen molar-refractivity contribution >= 4 is 23.4 Å². The molecule has 2 fully saturated rings. The molecule has 3 heterocycles. The third-order valence-corrected chi connectivity index (χ3v) is 7.91. The summed E-state index contributed by atoms with van der Waals surface area (Å²) in [5.74, 6) is 0.869. The van der Waals surface area contributed by atoms with Crippen LogP contribution in [-0.4, -0.2) is 83.0 Å². The fraction of sp³-hybridized carbons (Fsp3) is 0.310. The third kappa shape index (κ3) is 4.48. The predicted molar refractivity (Wildman–Crippen MR) is 140 cm³/mol. The van der Waals surface area contributed by atoms with E-state index in [0.29, 0.717) is 54.8 Å². The first kappa shape index (κ1) is 24.0. The van der Waals surface area contributed by atoms with Crippen LogP contribution in [0.3, 0.4) is 0 Å². The second-order valence-electron chi connectivity index (χ2n) is 9.82. The van der Waals surface area contributed by atoms with Gasteiger partial charge in [0.2, 0.25) is 5.91 Å². The van der Waals surface area contributed by atoms with Gasteiger partial charge in [0, 0.05) is 61.0 Å². The van der Waals surface area contributed by atoms with Crippen molar-refractivity contribution < 1.29 is 19.4 Å². The number of likely N-dealkylation sites (tertiary alicyclic amines) is 1. The molecule has 0 saturated carbocycles. The van der Waals surface area contributed by atoms with Crippen LogP contribution in [0.4, 0.5) is 0 Å². The van der Waals surface area contributed by atoms with Crippen molar-refractivity contribution in [3.63, 3.8) is 0 Å². The summed E-state index contributed by atoms with van der Waals surface area (Å²) in [6.07, 6.45) is -0.646. The number of piperazine rings is 1. The lowest BCUT2D eigenvalue weighted by Gasteiger charge is -2.38. The van der Waals surface area contributed by atoms with Crippen LogP contribution in [0.25, 0.3) is 0 Å². The van der Waals surface area contributed by atoms with Crippen LogP contribution in [-0.2, 0) is 4.79 Å². The first-order chi connectivity index (χ1) is 18.0. The number of aliphatic hydroxyl groups excluding tert-OH is 1. The number of fused-ring (bicyclic) bond motifs is 2. The number of halogens is 1. The minimum atomic E-state index is -0.646. The molecule has 190 valence electrons. The quantitative estimate of drug-likeness (QED) is 0.574. The molecule has 6 rings (SSSR count). The highest BCUT2D eigenvalue weighted by Gasteiger charge is 2.43. The molecular weight excluding hydrogens is 490 g/mol. The predicted octanol–water partition coefficient (Wildman–Crippen LogP) is 3.61. The molecule has 3 aromatic rings. The number of amides is 2. The molecule has 0 spiro atoms. The Morgan fingerprint density at radius 2 is 1.38 bits per heavy atom. The van der Waals surface area contributed by atoms with Gasteiger partial charge in [-0.05, 0) is 36.4 Å². The van der Waals surface area contributed by atoms with Crippen LogP contribution < -0.4 is 4.74 Å². The van der Waals surface area contributed by atoms with E-state index < -0.39 is 12.0 Å². The van der Waals surface area contributed by atoms with E-state index in [9.17, 15) is 14.7 Å². The second-order valence-corrected chi connectivity index (χ2v) is 10.3. The van der Waals surface area contributed by atoms with E-state index in [1.807, 2.05) is 53.4 Å². The molecule has 3 aliphatic rings. The number of carbonyl (C=O) groups is 2. The number of para-hydroxylation sites is 2. The number of hydrogen-bond acceptors (Lipinski definition) is 5. The van der Waals surface area contributed by atoms with E-state index in [1.165, 1.54) is 0 Å². The van der Waals surface area contributed by atoms with Crippen LogP contribution >= 0.6 is 11.6 Å². The third-order valence-electron chi connectivity index (χ3n) is 7.66. The van der Waals surface area contributed by atoms with Gasteiger partial charge in [-0.3, -0.25) is 14.5 Å². The molecule has 0 aliphatic carbocycles. The van der Waals surface area contributed by atoms with Crippen LogP contribution in [0.15, 0.2) is 72.8 Å². The van der Waals surface area contributed by atoms with Gasteiger partial charge in [-0.2, -0.15) is 0 Å². The Balaban J connectivity index is 1.14. The lowest BCUT2D eigenvalue weighted by Crippen LogP contribution is -2.55. The Labute approximate surface area is 220 Å². The number of nitrogens with zero attached hydrogens (tertiary/aromatic N) is 3. The summed E-state index contributed by atoms with van der Waals surface area (Å²) < 4.78 is 6.06. The van der Waals surface area contributed by atoms with Crippen LogP contribution in [0, 0.1) is 0 Å². The summed E-state index contributed by atoms with van der Waals surface area (Å²) in [5.41, 5.74) is 2.31. The van der Waals surface area contributed by atoms with Gasteiger partial charge >= 0.3 is 0 Å². The Hall–Kier alpha value is -3.39. The normalized spacial score (nSPS) is 21.8. The van der Waals surface area contributed by atoms with Gasteiger partial charge in [0.05, 0.1) is 18.1 Å². The second kappa shape index (κ2) is 9.82. The Bertz CT molecular complexity index is 1280. The molecular formula is C29H28ClN3O4. The van der Waals surface area contributed by atoms with Crippen LogP contribution in [0.5, 0.6) is 11.5 Å². The molecule has 2 unspecified atom stereocenters. The van der Waals surface area contributed by atoms with E-state index in [-0.39, 0.29) is 24.4 Å². The summed E-state index contributed by atoms with van der Waals surface area (Å²) in [4.78, 5) is 32.6. The molecule has 3 aromatic carbocycles. The van der Waals surface area contributed by atoms with E-state index >= 15 is 0 Å². The number of rotatable bonds is 3. The van der Waals surface area contributed by atoms with E-state index in [0.717, 1.165) is 11.1 Å². The summed E-state index contributed by atoms with van der Waals surface area (Å²) in [6, 6.07) is 22.1. The van der Waals surface area contributed by atoms with Crippen molar-refractivity contribution in [1.82, 2.24) is 14.7 Å². The minimum Gasteiger partial charge on any atom is -0.457 e. The van der Waals surface area contributed by atoms with Gasteiger partial charge in [-0.25, -0.2) is 0 Å². The highest BCUT2D eigenvalue weighted by atomic mass is 35.5. The zero-order valence-corrected chi connectivity index (χ0v) is 21.1. The number of β-amino-alcohol motifs (C(OH)–C–C–N with tert-alkyl or cyclic N) is 1. The first-order valence-electron chi connectivity index (χ1n) is 12.6. The van der Waals surface area contributed by atoms with E-state index in [1.54, 1.807) is 29.2 Å². The molecule has 7 nitrogen and oxygen atoms in total. The molecule has 3 aliphatic heterocycles. The van der Waals surface area contributed by atoms with Gasteiger partial charge in [0.25, 0.3) is 5.91 Å². The topological polar surface area (TPSA) is 73.3 Å². The van der Waals surface area contributed by atoms with Crippen molar-refractivity contribution in [2.75, 3.05) is 39.3 Å². The van der Waals surface area contributed by atoms with Crippen molar-refractivity contribution in [1.29, 1.82) is 0 Å². The molecule has 8 heteroatoms. The Morgan fingerprint density at radius 1 is 0.784 bits per heavy atom. The zero-order valence-electron chi connectivity index (χ0n) is 20.3. The Morgan fingerprint density at radius 3 is 2.00 bits per heavy atom. The molecule has 0 bridgehead atoms. The lowest BCUT2D eigenvalue weighted by atomic mass is 9.87. The van der Waals surface area contributed by atoms with E-state index in [2.05, 4.69) is 4.90 Å². The standard InChI is InChI=1S/C29H28ClN3O4/c30-20-11-9-19(10-12-20)28(35)32-15-13-31(14-16-32)23-17-33(18-24(23)34)29(36)27-21-5-1-3-7-25(21)37-26-8-4-2-6-22(26)27/h1-12,23-24,27,34H,13-18H2. The number of carbonyl (C=O) groups excluding carboxylic acids is 2. The molecule has 0 aromatic heterocycles. The van der Waals surface area contributed by atoms with Gasteiger partial charge in [-0.1, -0.05) is 48.0 Å². The minimum absolute atomic E-state index is 0.0167. The highest BCUT2D eigenvalue weighted by Crippen LogP contribution is 2.45. The summed E-state index contributed by atoms with van der Waals surface area (Å²) in [6.45, 7) is 3.17. The average Bonchev–Trinajstić information content (AvgIpc) is 3.33. The molecule has 1 N–H and O–H groups in total. The maximum atomic E-state index is 13.9. The molecule has 2 saturated heterocycles. The highest BCUT2D eigenvalue weighted by molar-refractivity contribution is 6.30. The SMILES string of the molecule is O=C(c1ccc(Cl)cc1)N1CCN(C2CN(C(=O)C3c4ccccc4Oc4ccccc43)CC2O)CC1. The number of ether oxygens (including phenoxy) is 1. The number of benzene rings is 3. The first-order valence-corrected chi connectivity index (χ1v) is 13.0. The summed E-state index contributed by atoms with van der Waals surface area (Å²) in [7, 11) is 0. The Kier molecular flexibility index (Phi) is 6.36. The zero-order chi connectivity index (χ0) is 25.5. The number of aliphatic hydroxyl groups is 1. The monoisotopic (exact) mass is 517 g/mol. The van der Waals surface area contributed by atoms with E-state index in [4.69, 9.17) is 16.3 Å². The van der Waals surface area contributed by atoms with Gasteiger partial charge in [0.15, 0.2) is 0 Å². The average molecular weight is 518 g/mol. The van der Waals surface area contributed by atoms with Crippen molar-refractivity contribution in [3.05, 3.63) is 94.5 Å². The number of hydrogen-bond donors (Lipinski definition) is 1. The summed E-state index contributed by atoms with van der Waals surface area (Å²) >= 11 is 5.95.